The molecule has 0 bridgehead atoms. The maximum Gasteiger partial charge on any atom is 0.257 e. The molecule has 0 saturated heterocycles. The molecule has 0 aliphatic heterocycles. The van der Waals surface area contributed by atoms with Gasteiger partial charge in [0, 0.05) is 5.56 Å². The van der Waals surface area contributed by atoms with Gasteiger partial charge in [0.25, 0.3) is 5.91 Å². The predicted molar refractivity (Wildman–Crippen MR) is 105 cm³/mol. The van der Waals surface area contributed by atoms with E-state index in [1.165, 1.54) is 23.5 Å². The average molecular weight is 378 g/mol. The molecule has 0 saturated carbocycles. The number of carbonyl (C=O) groups excluding carboxylic acids is 1. The topological polar surface area (TPSA) is 51.2 Å². The fourth-order valence-electron chi connectivity index (χ4n) is 2.59. The van der Waals surface area contributed by atoms with Crippen molar-refractivity contribution in [2.45, 2.75) is 6.61 Å². The van der Waals surface area contributed by atoms with Gasteiger partial charge in [-0.2, -0.15) is 0 Å². The van der Waals surface area contributed by atoms with Crippen LogP contribution in [0.2, 0.25) is 0 Å². The van der Waals surface area contributed by atoms with E-state index < -0.39 is 0 Å². The number of rotatable bonds is 5. The van der Waals surface area contributed by atoms with Gasteiger partial charge in [0.2, 0.25) is 0 Å². The van der Waals surface area contributed by atoms with Crippen molar-refractivity contribution >= 4 is 32.6 Å². The monoisotopic (exact) mass is 378 g/mol. The van der Waals surface area contributed by atoms with E-state index in [0.717, 1.165) is 5.56 Å². The van der Waals surface area contributed by atoms with Crippen LogP contribution in [0.15, 0.2) is 72.8 Å². The number of ether oxygens (including phenoxy) is 1. The smallest absolute Gasteiger partial charge is 0.257 e. The molecule has 0 unspecified atom stereocenters. The van der Waals surface area contributed by atoms with E-state index >= 15 is 0 Å². The molecule has 0 fully saturated rings. The zero-order chi connectivity index (χ0) is 18.6. The number of nitrogens with zero attached hydrogens (tertiary/aromatic N) is 1. The van der Waals surface area contributed by atoms with Crippen molar-refractivity contribution in [1.82, 2.24) is 4.98 Å². The van der Waals surface area contributed by atoms with Gasteiger partial charge in [0.1, 0.15) is 18.2 Å². The van der Waals surface area contributed by atoms with Crippen molar-refractivity contribution < 1.29 is 13.9 Å². The third-order valence-corrected chi connectivity index (χ3v) is 4.85. The first-order valence-electron chi connectivity index (χ1n) is 8.32. The molecule has 0 spiro atoms. The summed E-state index contributed by atoms with van der Waals surface area (Å²) in [6.45, 7) is 0.426. The lowest BCUT2D eigenvalue weighted by molar-refractivity contribution is 0.102. The van der Waals surface area contributed by atoms with Crippen LogP contribution in [0.5, 0.6) is 5.75 Å². The van der Waals surface area contributed by atoms with Crippen molar-refractivity contribution in [2.24, 2.45) is 0 Å². The predicted octanol–water partition coefficient (Wildman–Crippen LogP) is 5.27. The summed E-state index contributed by atoms with van der Waals surface area (Å²) >= 11 is 1.23. The number of aromatic nitrogens is 1. The highest BCUT2D eigenvalue weighted by Gasteiger charge is 2.11. The second kappa shape index (κ2) is 7.55. The van der Waals surface area contributed by atoms with Gasteiger partial charge in [0.05, 0.1) is 10.2 Å². The van der Waals surface area contributed by atoms with Gasteiger partial charge in [-0.1, -0.05) is 47.7 Å². The summed E-state index contributed by atoms with van der Waals surface area (Å²) in [7, 11) is 0. The Bertz CT molecular complexity index is 1100. The van der Waals surface area contributed by atoms with Crippen molar-refractivity contribution in [3.8, 4) is 5.75 Å². The first-order valence-corrected chi connectivity index (χ1v) is 9.13. The second-order valence-electron chi connectivity index (χ2n) is 5.89. The first-order chi connectivity index (χ1) is 13.2. The van der Waals surface area contributed by atoms with Crippen LogP contribution >= 0.6 is 11.3 Å². The van der Waals surface area contributed by atoms with Crippen molar-refractivity contribution in [2.75, 3.05) is 5.32 Å². The van der Waals surface area contributed by atoms with Crippen molar-refractivity contribution in [3.63, 3.8) is 0 Å². The van der Waals surface area contributed by atoms with Crippen LogP contribution in [-0.2, 0) is 6.61 Å². The lowest BCUT2D eigenvalue weighted by Crippen LogP contribution is -2.11. The number of amides is 1. The lowest BCUT2D eigenvalue weighted by atomic mass is 10.2. The summed E-state index contributed by atoms with van der Waals surface area (Å²) in [4.78, 5) is 16.8. The van der Waals surface area contributed by atoms with Crippen molar-refractivity contribution in [3.05, 3.63) is 89.7 Å². The van der Waals surface area contributed by atoms with E-state index in [4.69, 9.17) is 4.74 Å². The molecule has 134 valence electrons. The molecule has 0 aliphatic carbocycles. The molecule has 3 aromatic carbocycles. The Hall–Kier alpha value is -3.25. The molecule has 27 heavy (non-hydrogen) atoms. The molecule has 4 rings (SSSR count). The largest absolute Gasteiger partial charge is 0.489 e. The summed E-state index contributed by atoms with van der Waals surface area (Å²) < 4.78 is 19.7. The third-order valence-electron chi connectivity index (χ3n) is 3.92. The highest BCUT2D eigenvalue weighted by atomic mass is 32.1. The van der Waals surface area contributed by atoms with Crippen LogP contribution in [0.25, 0.3) is 10.2 Å². The molecular weight excluding hydrogens is 363 g/mol. The van der Waals surface area contributed by atoms with Crippen LogP contribution < -0.4 is 10.1 Å². The van der Waals surface area contributed by atoms with Gasteiger partial charge in [-0.05, 0) is 42.0 Å². The minimum Gasteiger partial charge on any atom is -0.489 e. The Labute approximate surface area is 159 Å². The van der Waals surface area contributed by atoms with E-state index in [1.54, 1.807) is 30.3 Å². The van der Waals surface area contributed by atoms with Gasteiger partial charge in [0.15, 0.2) is 5.13 Å². The average Bonchev–Trinajstić information content (AvgIpc) is 3.08. The van der Waals surface area contributed by atoms with Gasteiger partial charge in [-0.25, -0.2) is 9.37 Å². The summed E-state index contributed by atoms with van der Waals surface area (Å²) in [6, 6.07) is 21.1. The maximum atomic E-state index is 13.3. The van der Waals surface area contributed by atoms with E-state index in [9.17, 15) is 9.18 Å². The maximum absolute atomic E-state index is 13.3. The third kappa shape index (κ3) is 4.12. The van der Waals surface area contributed by atoms with Crippen molar-refractivity contribution in [1.29, 1.82) is 0 Å². The van der Waals surface area contributed by atoms with E-state index in [1.807, 2.05) is 30.3 Å². The van der Waals surface area contributed by atoms with Gasteiger partial charge < -0.3 is 4.74 Å². The zero-order valence-corrected chi connectivity index (χ0v) is 15.0. The molecule has 1 N–H and O–H groups in total. The van der Waals surface area contributed by atoms with Crippen LogP contribution in [0.4, 0.5) is 9.52 Å². The molecule has 6 heteroatoms. The normalized spacial score (nSPS) is 10.7. The Kier molecular flexibility index (Phi) is 4.80. The molecule has 1 aromatic heterocycles. The van der Waals surface area contributed by atoms with Gasteiger partial charge >= 0.3 is 0 Å². The quantitative estimate of drug-likeness (QED) is 0.515. The molecule has 0 atom stereocenters. The summed E-state index contributed by atoms with van der Waals surface area (Å²) in [6.07, 6.45) is 0. The van der Waals surface area contributed by atoms with Gasteiger partial charge in [-0.3, -0.25) is 10.1 Å². The molecule has 1 amide bonds. The minimum atomic E-state index is -0.327. The molecule has 4 aromatic rings. The molecule has 4 nitrogen and oxygen atoms in total. The Morgan fingerprint density at radius 2 is 1.89 bits per heavy atom. The number of fused-ring (bicyclic) bond motifs is 1. The molecule has 0 aliphatic rings. The van der Waals surface area contributed by atoms with Gasteiger partial charge in [-0.15, -0.1) is 0 Å². The Morgan fingerprint density at radius 1 is 1.04 bits per heavy atom. The number of anilines is 1. The summed E-state index contributed by atoms with van der Waals surface area (Å²) in [5.74, 6) is -0.00939. The fraction of sp³-hybridized carbons (Fsp3) is 0.0476. The number of benzene rings is 3. The molecular formula is C21H15FN2O2S. The van der Waals surface area contributed by atoms with E-state index in [-0.39, 0.29) is 11.7 Å². The Balaban J connectivity index is 1.46. The lowest BCUT2D eigenvalue weighted by Gasteiger charge is -2.08. The van der Waals surface area contributed by atoms with Crippen LogP contribution in [0.1, 0.15) is 15.9 Å². The minimum absolute atomic E-state index is 0.292. The molecule has 0 radical (unpaired) electrons. The van der Waals surface area contributed by atoms with E-state index in [0.29, 0.717) is 33.3 Å². The van der Waals surface area contributed by atoms with Crippen LogP contribution in [-0.4, -0.2) is 10.9 Å². The summed E-state index contributed by atoms with van der Waals surface area (Å²) in [5, 5.41) is 3.19. The Morgan fingerprint density at radius 3 is 2.74 bits per heavy atom. The number of nitrogens with one attached hydrogen (secondary N) is 1. The first kappa shape index (κ1) is 17.2. The zero-order valence-electron chi connectivity index (χ0n) is 14.2. The van der Waals surface area contributed by atoms with Crippen LogP contribution in [0, 0.1) is 5.82 Å². The number of carbonyl (C=O) groups is 1. The van der Waals surface area contributed by atoms with E-state index in [2.05, 4.69) is 10.3 Å². The number of halogens is 1. The fourth-order valence-corrected chi connectivity index (χ4v) is 3.48. The SMILES string of the molecule is O=C(Nc1nc2ccc(F)cc2s1)c1cccc(OCc2ccccc2)c1. The number of thiazole rings is 1. The number of hydrogen-bond acceptors (Lipinski definition) is 4. The molecule has 1 heterocycles. The highest BCUT2D eigenvalue weighted by Crippen LogP contribution is 2.27. The standard InChI is InChI=1S/C21H15FN2O2S/c22-16-9-10-18-19(12-16)27-21(23-18)24-20(25)15-7-4-8-17(11-15)26-13-14-5-2-1-3-6-14/h1-12H,13H2,(H,23,24,25). The highest BCUT2D eigenvalue weighted by molar-refractivity contribution is 7.22. The van der Waals surface area contributed by atoms with Crippen LogP contribution in [0.3, 0.4) is 0 Å². The second-order valence-corrected chi connectivity index (χ2v) is 6.92. The number of hydrogen-bond donors (Lipinski definition) is 1. The summed E-state index contributed by atoms with van der Waals surface area (Å²) in [5.41, 5.74) is 2.16.